The second kappa shape index (κ2) is 7.16. The molecule has 0 spiro atoms. The number of nitrogens with zero attached hydrogens (tertiary/aromatic N) is 1. The first-order chi connectivity index (χ1) is 8.19. The summed E-state index contributed by atoms with van der Waals surface area (Å²) in [6.45, 7) is 1.47. The van der Waals surface area contributed by atoms with Crippen LogP contribution in [0.5, 0.6) is 0 Å². The average Bonchev–Trinajstić information content (AvgIpc) is 2.64. The second-order valence-electron chi connectivity index (χ2n) is 3.55. The highest BCUT2D eigenvalue weighted by Crippen LogP contribution is 2.06. The quantitative estimate of drug-likeness (QED) is 0.428. The van der Waals surface area contributed by atoms with E-state index in [0.29, 0.717) is 19.8 Å². The van der Waals surface area contributed by atoms with Gasteiger partial charge in [-0.2, -0.15) is 0 Å². The molecule has 0 N–H and O–H groups in total. The highest BCUT2D eigenvalue weighted by atomic mass is 16.5. The predicted octanol–water partition coefficient (Wildman–Crippen LogP) is -0.411. The van der Waals surface area contributed by atoms with Crippen LogP contribution in [0.3, 0.4) is 0 Å². The minimum Gasteiger partial charge on any atom is -0.382 e. The zero-order valence-corrected chi connectivity index (χ0v) is 10.0. The summed E-state index contributed by atoms with van der Waals surface area (Å²) in [4.78, 5) is 23.8. The zero-order valence-electron chi connectivity index (χ0n) is 10.0. The first kappa shape index (κ1) is 13.8. The van der Waals surface area contributed by atoms with Crippen LogP contribution in [-0.4, -0.2) is 63.4 Å². The summed E-state index contributed by atoms with van der Waals surface area (Å²) < 4.78 is 15.3. The lowest BCUT2D eigenvalue weighted by molar-refractivity contribution is -0.139. The molecule has 0 aromatic rings. The molecule has 0 radical (unpaired) electrons. The number of methoxy groups -OCH3 is 2. The van der Waals surface area contributed by atoms with E-state index < -0.39 is 0 Å². The molecular weight excluding hydrogens is 226 g/mol. The first-order valence-corrected chi connectivity index (χ1v) is 5.32. The molecular formula is C11H17NO5. The maximum Gasteiger partial charge on any atom is 0.253 e. The third-order valence-electron chi connectivity index (χ3n) is 2.36. The van der Waals surface area contributed by atoms with Crippen molar-refractivity contribution in [2.24, 2.45) is 0 Å². The van der Waals surface area contributed by atoms with Crippen LogP contribution >= 0.6 is 0 Å². The van der Waals surface area contributed by atoms with E-state index in [9.17, 15) is 9.59 Å². The molecule has 0 saturated carbocycles. The Bertz CT molecular complexity index is 284. The Morgan fingerprint density at radius 1 is 1.18 bits per heavy atom. The molecule has 1 aliphatic heterocycles. The van der Waals surface area contributed by atoms with Crippen molar-refractivity contribution in [3.63, 3.8) is 0 Å². The standard InChI is InChI=1S/C11H17NO5/c1-15-5-6-17-8-9(16-2)7-12-10(13)3-4-11(12)14/h3-4,9H,5-8H2,1-2H3. The maximum absolute atomic E-state index is 11.3. The van der Waals surface area contributed by atoms with Gasteiger partial charge in [0.05, 0.1) is 32.5 Å². The molecule has 1 heterocycles. The molecule has 0 aromatic heterocycles. The number of carbonyl (C=O) groups is 2. The summed E-state index contributed by atoms with van der Waals surface area (Å²) in [6, 6.07) is 0. The highest BCUT2D eigenvalue weighted by molar-refractivity contribution is 6.12. The third-order valence-corrected chi connectivity index (χ3v) is 2.36. The highest BCUT2D eigenvalue weighted by Gasteiger charge is 2.26. The molecule has 1 atom stereocenters. The van der Waals surface area contributed by atoms with E-state index in [4.69, 9.17) is 14.2 Å². The summed E-state index contributed by atoms with van der Waals surface area (Å²) in [5.74, 6) is -0.622. The van der Waals surface area contributed by atoms with Gasteiger partial charge in [0, 0.05) is 26.4 Å². The minimum atomic E-state index is -0.320. The van der Waals surface area contributed by atoms with Gasteiger partial charge in [-0.15, -0.1) is 0 Å². The summed E-state index contributed by atoms with van der Waals surface area (Å²) in [6.07, 6.45) is 2.18. The number of rotatable bonds is 8. The van der Waals surface area contributed by atoms with E-state index in [1.807, 2.05) is 0 Å². The lowest BCUT2D eigenvalue weighted by Crippen LogP contribution is -2.39. The molecule has 0 bridgehead atoms. The van der Waals surface area contributed by atoms with E-state index in [-0.39, 0.29) is 24.5 Å². The molecule has 6 nitrogen and oxygen atoms in total. The molecule has 0 saturated heterocycles. The normalized spacial score (nSPS) is 16.9. The van der Waals surface area contributed by atoms with Gasteiger partial charge in [-0.05, 0) is 0 Å². The molecule has 0 fully saturated rings. The van der Waals surface area contributed by atoms with Crippen LogP contribution in [0, 0.1) is 0 Å². The monoisotopic (exact) mass is 243 g/mol. The van der Waals surface area contributed by atoms with Crippen LogP contribution in [-0.2, 0) is 23.8 Å². The maximum atomic E-state index is 11.3. The Morgan fingerprint density at radius 3 is 2.35 bits per heavy atom. The van der Waals surface area contributed by atoms with Gasteiger partial charge in [0.25, 0.3) is 11.8 Å². The molecule has 1 unspecified atom stereocenters. The summed E-state index contributed by atoms with van der Waals surface area (Å²) in [5.41, 5.74) is 0. The van der Waals surface area contributed by atoms with Crippen molar-refractivity contribution in [1.29, 1.82) is 0 Å². The summed E-state index contributed by atoms with van der Waals surface area (Å²) in [5, 5.41) is 0. The lowest BCUT2D eigenvalue weighted by Gasteiger charge is -2.21. The SMILES string of the molecule is COCCOCC(CN1C(=O)C=CC1=O)OC. The van der Waals surface area contributed by atoms with Gasteiger partial charge in [-0.3, -0.25) is 14.5 Å². The van der Waals surface area contributed by atoms with Crippen molar-refractivity contribution in [3.8, 4) is 0 Å². The zero-order chi connectivity index (χ0) is 12.7. The van der Waals surface area contributed by atoms with E-state index in [1.54, 1.807) is 7.11 Å². The first-order valence-electron chi connectivity index (χ1n) is 5.32. The van der Waals surface area contributed by atoms with Gasteiger partial charge in [-0.1, -0.05) is 0 Å². The molecule has 6 heteroatoms. The van der Waals surface area contributed by atoms with E-state index >= 15 is 0 Å². The Balaban J connectivity index is 2.31. The van der Waals surface area contributed by atoms with Crippen LogP contribution in [0.25, 0.3) is 0 Å². The van der Waals surface area contributed by atoms with Crippen LogP contribution < -0.4 is 0 Å². The van der Waals surface area contributed by atoms with Crippen LogP contribution in [0.4, 0.5) is 0 Å². The van der Waals surface area contributed by atoms with E-state index in [2.05, 4.69) is 0 Å². The third kappa shape index (κ3) is 4.26. The van der Waals surface area contributed by atoms with Gasteiger partial charge in [-0.25, -0.2) is 0 Å². The second-order valence-corrected chi connectivity index (χ2v) is 3.55. The van der Waals surface area contributed by atoms with Gasteiger partial charge in [0.2, 0.25) is 0 Å². The molecule has 17 heavy (non-hydrogen) atoms. The van der Waals surface area contributed by atoms with Crippen LogP contribution in [0.15, 0.2) is 12.2 Å². The number of hydrogen-bond acceptors (Lipinski definition) is 5. The van der Waals surface area contributed by atoms with Crippen LogP contribution in [0.1, 0.15) is 0 Å². The molecule has 1 aliphatic rings. The number of carbonyl (C=O) groups excluding carboxylic acids is 2. The summed E-state index contributed by atoms with van der Waals surface area (Å²) in [7, 11) is 3.10. The van der Waals surface area contributed by atoms with E-state index in [0.717, 1.165) is 4.90 Å². The Hall–Kier alpha value is -1.24. The lowest BCUT2D eigenvalue weighted by atomic mass is 10.3. The fraction of sp³-hybridized carbons (Fsp3) is 0.636. The number of imide groups is 1. The summed E-state index contributed by atoms with van der Waals surface area (Å²) >= 11 is 0. The molecule has 96 valence electrons. The fourth-order valence-corrected chi connectivity index (χ4v) is 1.37. The number of hydrogen-bond donors (Lipinski definition) is 0. The van der Waals surface area contributed by atoms with Gasteiger partial charge in [0.1, 0.15) is 0 Å². The minimum absolute atomic E-state index is 0.203. The Kier molecular flexibility index (Phi) is 5.82. The number of amides is 2. The fourth-order valence-electron chi connectivity index (χ4n) is 1.37. The van der Waals surface area contributed by atoms with Gasteiger partial charge >= 0.3 is 0 Å². The smallest absolute Gasteiger partial charge is 0.253 e. The van der Waals surface area contributed by atoms with E-state index in [1.165, 1.54) is 19.3 Å². The largest absolute Gasteiger partial charge is 0.382 e. The Morgan fingerprint density at radius 2 is 1.82 bits per heavy atom. The van der Waals surface area contributed by atoms with Crippen molar-refractivity contribution < 1.29 is 23.8 Å². The number of ether oxygens (including phenoxy) is 3. The molecule has 0 aliphatic carbocycles. The van der Waals surface area contributed by atoms with Crippen molar-refractivity contribution in [1.82, 2.24) is 4.90 Å². The molecule has 0 aromatic carbocycles. The van der Waals surface area contributed by atoms with Crippen molar-refractivity contribution in [3.05, 3.63) is 12.2 Å². The van der Waals surface area contributed by atoms with Gasteiger partial charge in [0.15, 0.2) is 0 Å². The van der Waals surface area contributed by atoms with Crippen molar-refractivity contribution in [2.75, 3.05) is 40.6 Å². The van der Waals surface area contributed by atoms with Crippen LogP contribution in [0.2, 0.25) is 0 Å². The Labute approximate surface area is 100 Å². The molecule has 1 rings (SSSR count). The van der Waals surface area contributed by atoms with Crippen molar-refractivity contribution >= 4 is 11.8 Å². The van der Waals surface area contributed by atoms with Crippen molar-refractivity contribution in [2.45, 2.75) is 6.10 Å². The topological polar surface area (TPSA) is 65.1 Å². The molecule has 2 amide bonds. The average molecular weight is 243 g/mol. The van der Waals surface area contributed by atoms with Gasteiger partial charge < -0.3 is 14.2 Å². The predicted molar refractivity (Wildman–Crippen MR) is 59.4 cm³/mol.